The fourth-order valence-corrected chi connectivity index (χ4v) is 2.66. The number of ether oxygens (including phenoxy) is 1. The highest BCUT2D eigenvalue weighted by Crippen LogP contribution is 2.35. The van der Waals surface area contributed by atoms with E-state index in [0.717, 1.165) is 6.07 Å². The summed E-state index contributed by atoms with van der Waals surface area (Å²) in [7, 11) is 0. The molecule has 0 bridgehead atoms. The molecule has 1 amide bonds. The van der Waals surface area contributed by atoms with Gasteiger partial charge in [-0.15, -0.1) is 4.91 Å². The molecule has 0 aliphatic carbocycles. The summed E-state index contributed by atoms with van der Waals surface area (Å²) in [5.74, 6) is -0.411. The first-order valence-electron chi connectivity index (χ1n) is 7.74. The lowest BCUT2D eigenvalue weighted by molar-refractivity contribution is 0.215. The van der Waals surface area contributed by atoms with E-state index in [1.165, 1.54) is 18.2 Å². The lowest BCUT2D eigenvalue weighted by Crippen LogP contribution is -2.17. The van der Waals surface area contributed by atoms with E-state index in [4.69, 9.17) is 22.1 Å². The van der Waals surface area contributed by atoms with Crippen LogP contribution in [0.3, 0.4) is 0 Å². The highest BCUT2D eigenvalue weighted by atomic mass is 35.5. The highest BCUT2D eigenvalue weighted by molar-refractivity contribution is 6.33. The third kappa shape index (κ3) is 4.21. The Kier molecular flexibility index (Phi) is 5.33. The highest BCUT2D eigenvalue weighted by Gasteiger charge is 2.15. The molecule has 0 saturated carbocycles. The van der Waals surface area contributed by atoms with Crippen molar-refractivity contribution in [1.82, 2.24) is 0 Å². The second-order valence-electron chi connectivity index (χ2n) is 5.50. The third-order valence-electron chi connectivity index (χ3n) is 3.69. The maximum Gasteiger partial charge on any atom is 0.417 e. The molecule has 8 heteroatoms. The van der Waals surface area contributed by atoms with Crippen molar-refractivity contribution in [3.8, 4) is 16.9 Å². The minimum atomic E-state index is -0.858. The molecule has 3 rings (SSSR count). The first kappa shape index (κ1) is 18.3. The Morgan fingerprint density at radius 3 is 2.56 bits per heavy atom. The summed E-state index contributed by atoms with van der Waals surface area (Å²) in [6.45, 7) is 0. The van der Waals surface area contributed by atoms with E-state index in [1.54, 1.807) is 36.4 Å². The van der Waals surface area contributed by atoms with Crippen LogP contribution in [0.25, 0.3) is 11.1 Å². The van der Waals surface area contributed by atoms with Crippen LogP contribution in [-0.2, 0) is 0 Å². The summed E-state index contributed by atoms with van der Waals surface area (Å²) in [5, 5.41) is 5.28. The van der Waals surface area contributed by atoms with Crippen molar-refractivity contribution in [2.75, 3.05) is 11.1 Å². The van der Waals surface area contributed by atoms with Crippen LogP contribution in [0.4, 0.5) is 26.2 Å². The van der Waals surface area contributed by atoms with Gasteiger partial charge in [0.15, 0.2) is 0 Å². The SMILES string of the molecule is Nc1ccc(-c2cc(F)c(NC(=O)Oc3ccccc3)cc2Cl)cc1N=O. The van der Waals surface area contributed by atoms with Crippen molar-refractivity contribution in [1.29, 1.82) is 0 Å². The van der Waals surface area contributed by atoms with E-state index in [0.29, 0.717) is 16.9 Å². The number of carbonyl (C=O) groups is 1. The van der Waals surface area contributed by atoms with Crippen LogP contribution < -0.4 is 15.8 Å². The second-order valence-corrected chi connectivity index (χ2v) is 5.91. The zero-order chi connectivity index (χ0) is 19.4. The fraction of sp³-hybridized carbons (Fsp3) is 0. The van der Waals surface area contributed by atoms with E-state index in [2.05, 4.69) is 10.5 Å². The van der Waals surface area contributed by atoms with Crippen molar-refractivity contribution in [2.24, 2.45) is 5.18 Å². The minimum Gasteiger partial charge on any atom is -0.410 e. The summed E-state index contributed by atoms with van der Waals surface area (Å²) in [5.41, 5.74) is 6.49. The molecule has 0 unspecified atom stereocenters. The molecular weight excluding hydrogens is 373 g/mol. The van der Waals surface area contributed by atoms with Crippen molar-refractivity contribution in [3.05, 3.63) is 76.4 Å². The maximum absolute atomic E-state index is 14.4. The largest absolute Gasteiger partial charge is 0.417 e. The van der Waals surface area contributed by atoms with Crippen LogP contribution in [0.2, 0.25) is 5.02 Å². The molecule has 136 valence electrons. The minimum absolute atomic E-state index is 0.0256. The van der Waals surface area contributed by atoms with E-state index < -0.39 is 11.9 Å². The van der Waals surface area contributed by atoms with Gasteiger partial charge in [0.05, 0.1) is 16.4 Å². The number of halogens is 2. The van der Waals surface area contributed by atoms with Gasteiger partial charge in [-0.3, -0.25) is 5.32 Å². The number of para-hydroxylation sites is 1. The van der Waals surface area contributed by atoms with Gasteiger partial charge in [0.25, 0.3) is 0 Å². The number of nitrogens with two attached hydrogens (primary N) is 1. The zero-order valence-electron chi connectivity index (χ0n) is 13.8. The molecule has 0 radical (unpaired) electrons. The fourth-order valence-electron chi connectivity index (χ4n) is 2.39. The Labute approximate surface area is 158 Å². The summed E-state index contributed by atoms with van der Waals surface area (Å²) in [4.78, 5) is 22.7. The van der Waals surface area contributed by atoms with E-state index in [-0.39, 0.29) is 22.1 Å². The lowest BCUT2D eigenvalue weighted by atomic mass is 10.0. The average Bonchev–Trinajstić information content (AvgIpc) is 2.66. The molecule has 0 aliphatic heterocycles. The predicted octanol–water partition coefficient (Wildman–Crippen LogP) is 5.74. The van der Waals surface area contributed by atoms with Gasteiger partial charge >= 0.3 is 6.09 Å². The molecule has 0 spiro atoms. The van der Waals surface area contributed by atoms with Crippen LogP contribution in [0.1, 0.15) is 0 Å². The summed E-state index contributed by atoms with van der Waals surface area (Å²) in [6, 6.07) is 15.2. The second kappa shape index (κ2) is 7.84. The number of hydrogen-bond acceptors (Lipinski definition) is 5. The Morgan fingerprint density at radius 2 is 1.85 bits per heavy atom. The number of benzene rings is 3. The number of nitrogen functional groups attached to an aromatic ring is 1. The Balaban J connectivity index is 1.84. The maximum atomic E-state index is 14.4. The van der Waals surface area contributed by atoms with Crippen LogP contribution >= 0.6 is 11.6 Å². The van der Waals surface area contributed by atoms with Gasteiger partial charge in [0.1, 0.15) is 17.3 Å². The first-order valence-corrected chi connectivity index (χ1v) is 8.12. The quantitative estimate of drug-likeness (QED) is 0.442. The van der Waals surface area contributed by atoms with Crippen LogP contribution in [-0.4, -0.2) is 6.09 Å². The van der Waals surface area contributed by atoms with Crippen molar-refractivity contribution in [2.45, 2.75) is 0 Å². The molecule has 0 aliphatic rings. The Hall–Kier alpha value is -3.45. The average molecular weight is 386 g/mol. The Morgan fingerprint density at radius 1 is 1.11 bits per heavy atom. The van der Waals surface area contributed by atoms with Crippen LogP contribution in [0, 0.1) is 10.7 Å². The van der Waals surface area contributed by atoms with Crippen molar-refractivity contribution >= 4 is 34.8 Å². The number of amides is 1. The van der Waals surface area contributed by atoms with Gasteiger partial charge in [-0.25, -0.2) is 9.18 Å². The van der Waals surface area contributed by atoms with Crippen LogP contribution in [0.5, 0.6) is 5.75 Å². The normalized spacial score (nSPS) is 10.3. The molecule has 0 aromatic heterocycles. The molecule has 3 aromatic rings. The monoisotopic (exact) mass is 385 g/mol. The van der Waals surface area contributed by atoms with Gasteiger partial charge in [-0.1, -0.05) is 35.9 Å². The Bertz CT molecular complexity index is 1010. The number of hydrogen-bond donors (Lipinski definition) is 2. The van der Waals surface area contributed by atoms with Gasteiger partial charge in [-0.2, -0.15) is 0 Å². The molecule has 0 saturated heterocycles. The molecule has 3 N–H and O–H groups in total. The molecular formula is C19H13ClFN3O3. The third-order valence-corrected chi connectivity index (χ3v) is 4.00. The van der Waals surface area contributed by atoms with Gasteiger partial charge < -0.3 is 10.5 Å². The first-order chi connectivity index (χ1) is 13.0. The summed E-state index contributed by atoms with van der Waals surface area (Å²) in [6.07, 6.45) is -0.858. The zero-order valence-corrected chi connectivity index (χ0v) is 14.5. The van der Waals surface area contributed by atoms with Crippen molar-refractivity contribution < 1.29 is 13.9 Å². The van der Waals surface area contributed by atoms with Gasteiger partial charge in [0.2, 0.25) is 0 Å². The molecule has 0 fully saturated rings. The lowest BCUT2D eigenvalue weighted by Gasteiger charge is -2.11. The van der Waals surface area contributed by atoms with E-state index in [1.807, 2.05) is 0 Å². The summed E-state index contributed by atoms with van der Waals surface area (Å²) < 4.78 is 19.5. The number of rotatable bonds is 4. The molecule has 27 heavy (non-hydrogen) atoms. The van der Waals surface area contributed by atoms with E-state index >= 15 is 0 Å². The predicted molar refractivity (Wildman–Crippen MR) is 103 cm³/mol. The number of carbonyl (C=O) groups excluding carboxylic acids is 1. The summed E-state index contributed by atoms with van der Waals surface area (Å²) >= 11 is 6.22. The van der Waals surface area contributed by atoms with Gasteiger partial charge in [0, 0.05) is 5.56 Å². The number of nitrogens with zero attached hydrogens (tertiary/aromatic N) is 1. The standard InChI is InChI=1S/C19H13ClFN3O3/c20-14-10-17(23-19(25)27-12-4-2-1-3-5-12)15(21)9-13(14)11-6-7-16(22)18(8-11)24-26/h1-10H,22H2,(H,23,25). The molecule has 6 nitrogen and oxygen atoms in total. The van der Waals surface area contributed by atoms with Crippen LogP contribution in [0.15, 0.2) is 65.8 Å². The van der Waals surface area contributed by atoms with Gasteiger partial charge in [-0.05, 0) is 47.1 Å². The molecule has 0 atom stereocenters. The number of nitrogens with one attached hydrogen (secondary N) is 1. The molecule has 0 heterocycles. The number of anilines is 2. The smallest absolute Gasteiger partial charge is 0.410 e. The molecule has 3 aromatic carbocycles. The topological polar surface area (TPSA) is 93.8 Å². The number of nitroso groups, excluding NO2 is 1. The van der Waals surface area contributed by atoms with E-state index in [9.17, 15) is 14.1 Å². The van der Waals surface area contributed by atoms with Crippen molar-refractivity contribution in [3.63, 3.8) is 0 Å².